The lowest BCUT2D eigenvalue weighted by Gasteiger charge is -2.35. The van der Waals surface area contributed by atoms with E-state index in [1.165, 1.54) is 0 Å². The van der Waals surface area contributed by atoms with Crippen LogP contribution >= 0.6 is 0 Å². The van der Waals surface area contributed by atoms with E-state index in [2.05, 4.69) is 24.6 Å². The van der Waals surface area contributed by atoms with Gasteiger partial charge >= 0.3 is 6.09 Å². The number of benzene rings is 2. The summed E-state index contributed by atoms with van der Waals surface area (Å²) in [6.07, 6.45) is 1.86. The van der Waals surface area contributed by atoms with Gasteiger partial charge < -0.3 is 23.7 Å². The van der Waals surface area contributed by atoms with Crippen LogP contribution in [-0.2, 0) is 11.3 Å². The fourth-order valence-corrected chi connectivity index (χ4v) is 3.78. The SMILES string of the molecule is COc1ccc(CNN2CCCCC2OC(=O)Nc2ccc(OC)c(OCC(C)C)c2)cc1OC. The maximum atomic E-state index is 12.7. The average Bonchev–Trinajstić information content (AvgIpc) is 2.86. The highest BCUT2D eigenvalue weighted by molar-refractivity contribution is 5.85. The summed E-state index contributed by atoms with van der Waals surface area (Å²) in [5.74, 6) is 2.92. The molecule has 1 unspecified atom stereocenters. The molecule has 1 saturated heterocycles. The lowest BCUT2D eigenvalue weighted by Crippen LogP contribution is -2.50. The molecule has 0 aromatic heterocycles. The number of ether oxygens (including phenoxy) is 5. The van der Waals surface area contributed by atoms with Crippen LogP contribution < -0.4 is 29.7 Å². The summed E-state index contributed by atoms with van der Waals surface area (Å²) in [6.45, 7) is 6.03. The lowest BCUT2D eigenvalue weighted by atomic mass is 10.1. The van der Waals surface area contributed by atoms with E-state index in [0.717, 1.165) is 31.4 Å². The van der Waals surface area contributed by atoms with Crippen LogP contribution in [0.4, 0.5) is 10.5 Å². The number of carbonyl (C=O) groups excluding carboxylic acids is 1. The van der Waals surface area contributed by atoms with Gasteiger partial charge in [0.15, 0.2) is 29.2 Å². The zero-order valence-electron chi connectivity index (χ0n) is 21.3. The van der Waals surface area contributed by atoms with E-state index in [1.807, 2.05) is 23.2 Å². The first-order valence-electron chi connectivity index (χ1n) is 11.9. The van der Waals surface area contributed by atoms with E-state index in [0.29, 0.717) is 47.8 Å². The molecule has 35 heavy (non-hydrogen) atoms. The topological polar surface area (TPSA) is 90.5 Å². The van der Waals surface area contributed by atoms with E-state index in [4.69, 9.17) is 23.7 Å². The van der Waals surface area contributed by atoms with Crippen molar-refractivity contribution in [3.8, 4) is 23.0 Å². The molecule has 2 aromatic carbocycles. The van der Waals surface area contributed by atoms with Gasteiger partial charge in [0.05, 0.1) is 27.9 Å². The van der Waals surface area contributed by atoms with E-state index in [1.54, 1.807) is 39.5 Å². The van der Waals surface area contributed by atoms with Crippen molar-refractivity contribution in [2.45, 2.75) is 45.9 Å². The lowest BCUT2D eigenvalue weighted by molar-refractivity contribution is -0.0627. The van der Waals surface area contributed by atoms with Crippen LogP contribution in [0.25, 0.3) is 0 Å². The Kier molecular flexibility index (Phi) is 9.86. The third-order valence-corrected chi connectivity index (χ3v) is 5.61. The van der Waals surface area contributed by atoms with E-state index in [9.17, 15) is 4.79 Å². The molecule has 0 bridgehead atoms. The molecule has 2 N–H and O–H groups in total. The molecule has 1 atom stereocenters. The third-order valence-electron chi connectivity index (χ3n) is 5.61. The summed E-state index contributed by atoms with van der Waals surface area (Å²) in [5.41, 5.74) is 5.00. The smallest absolute Gasteiger partial charge is 0.413 e. The Morgan fingerprint density at radius 3 is 2.40 bits per heavy atom. The molecule has 0 spiro atoms. The first-order chi connectivity index (χ1) is 16.9. The van der Waals surface area contributed by atoms with Crippen LogP contribution in [0.3, 0.4) is 0 Å². The molecule has 192 valence electrons. The number of hydrazine groups is 1. The minimum Gasteiger partial charge on any atom is -0.493 e. The minimum absolute atomic E-state index is 0.366. The summed E-state index contributed by atoms with van der Waals surface area (Å²) < 4.78 is 27.7. The highest BCUT2D eigenvalue weighted by Crippen LogP contribution is 2.31. The van der Waals surface area contributed by atoms with Crippen molar-refractivity contribution in [3.63, 3.8) is 0 Å². The van der Waals surface area contributed by atoms with Crippen LogP contribution in [0.2, 0.25) is 0 Å². The molecule has 9 nitrogen and oxygen atoms in total. The van der Waals surface area contributed by atoms with Crippen LogP contribution in [0.15, 0.2) is 36.4 Å². The van der Waals surface area contributed by atoms with Crippen molar-refractivity contribution >= 4 is 11.8 Å². The van der Waals surface area contributed by atoms with E-state index in [-0.39, 0.29) is 6.23 Å². The Bertz CT molecular complexity index is 968. The molecule has 1 heterocycles. The fourth-order valence-electron chi connectivity index (χ4n) is 3.78. The predicted molar refractivity (Wildman–Crippen MR) is 134 cm³/mol. The Hall–Kier alpha value is -3.17. The highest BCUT2D eigenvalue weighted by Gasteiger charge is 2.26. The number of rotatable bonds is 11. The Balaban J connectivity index is 1.59. The van der Waals surface area contributed by atoms with Crippen molar-refractivity contribution < 1.29 is 28.5 Å². The first kappa shape index (κ1) is 26.4. The van der Waals surface area contributed by atoms with Gasteiger partial charge in [0.2, 0.25) is 0 Å². The summed E-state index contributed by atoms with van der Waals surface area (Å²) in [7, 11) is 4.82. The van der Waals surface area contributed by atoms with Gasteiger partial charge in [0.1, 0.15) is 0 Å². The zero-order chi connectivity index (χ0) is 25.2. The van der Waals surface area contributed by atoms with Gasteiger partial charge in [-0.1, -0.05) is 19.9 Å². The number of carbonyl (C=O) groups is 1. The molecule has 0 saturated carbocycles. The summed E-state index contributed by atoms with van der Waals surface area (Å²) in [5, 5.41) is 4.79. The summed E-state index contributed by atoms with van der Waals surface area (Å²) in [6, 6.07) is 11.1. The molecule has 9 heteroatoms. The molecule has 0 radical (unpaired) electrons. The maximum absolute atomic E-state index is 12.7. The number of piperidine rings is 1. The number of anilines is 1. The second kappa shape index (κ2) is 13.1. The molecular formula is C26H37N3O6. The Labute approximate surface area is 207 Å². The number of amides is 1. The Morgan fingerprint density at radius 1 is 0.971 bits per heavy atom. The van der Waals surface area contributed by atoms with Crippen LogP contribution in [0, 0.1) is 5.92 Å². The average molecular weight is 488 g/mol. The quantitative estimate of drug-likeness (QED) is 0.467. The second-order valence-electron chi connectivity index (χ2n) is 8.77. The number of hydrogen-bond acceptors (Lipinski definition) is 8. The van der Waals surface area contributed by atoms with Crippen molar-refractivity contribution in [2.24, 2.45) is 5.92 Å². The predicted octanol–water partition coefficient (Wildman–Crippen LogP) is 4.81. The van der Waals surface area contributed by atoms with Gasteiger partial charge in [-0.25, -0.2) is 15.2 Å². The minimum atomic E-state index is -0.519. The van der Waals surface area contributed by atoms with Crippen molar-refractivity contribution in [1.82, 2.24) is 10.4 Å². The Morgan fingerprint density at radius 2 is 1.69 bits per heavy atom. The van der Waals surface area contributed by atoms with Crippen LogP contribution in [0.1, 0.15) is 38.7 Å². The normalized spacial score (nSPS) is 16.0. The maximum Gasteiger partial charge on any atom is 0.413 e. The first-order valence-corrected chi connectivity index (χ1v) is 11.9. The van der Waals surface area contributed by atoms with Gasteiger partial charge in [-0.05, 0) is 55.0 Å². The third kappa shape index (κ3) is 7.66. The standard InChI is InChI=1S/C26H37N3O6/c1-18(2)17-34-24-15-20(10-12-22(24)32-4)28-26(30)35-25-8-6-7-13-29(25)27-16-19-9-11-21(31-3)23(14-19)33-5/h9-12,14-15,18,25,27H,6-8,13,16-17H2,1-5H3,(H,28,30). The van der Waals surface area contributed by atoms with Crippen molar-refractivity contribution in [3.05, 3.63) is 42.0 Å². The number of methoxy groups -OCH3 is 3. The molecule has 3 rings (SSSR count). The fraction of sp³-hybridized carbons (Fsp3) is 0.500. The largest absolute Gasteiger partial charge is 0.493 e. The molecule has 1 fully saturated rings. The van der Waals surface area contributed by atoms with Gasteiger partial charge in [-0.15, -0.1) is 0 Å². The molecule has 0 aliphatic carbocycles. The van der Waals surface area contributed by atoms with E-state index >= 15 is 0 Å². The number of nitrogens with one attached hydrogen (secondary N) is 2. The second-order valence-corrected chi connectivity index (χ2v) is 8.77. The number of nitrogens with zero attached hydrogens (tertiary/aromatic N) is 1. The molecule has 1 aliphatic heterocycles. The van der Waals surface area contributed by atoms with Crippen LogP contribution in [-0.4, -0.2) is 51.8 Å². The number of hydrogen-bond donors (Lipinski definition) is 2. The highest BCUT2D eigenvalue weighted by atomic mass is 16.6. The van der Waals surface area contributed by atoms with Crippen molar-refractivity contribution in [1.29, 1.82) is 0 Å². The summed E-state index contributed by atoms with van der Waals surface area (Å²) >= 11 is 0. The molecule has 1 amide bonds. The van der Waals surface area contributed by atoms with Gasteiger partial charge in [-0.3, -0.25) is 5.32 Å². The van der Waals surface area contributed by atoms with Gasteiger partial charge in [0.25, 0.3) is 0 Å². The molecule has 2 aromatic rings. The van der Waals surface area contributed by atoms with Gasteiger partial charge in [-0.2, -0.15) is 0 Å². The van der Waals surface area contributed by atoms with Crippen LogP contribution in [0.5, 0.6) is 23.0 Å². The monoisotopic (exact) mass is 487 g/mol. The molecule has 1 aliphatic rings. The van der Waals surface area contributed by atoms with Gasteiger partial charge in [0, 0.05) is 24.8 Å². The van der Waals surface area contributed by atoms with E-state index < -0.39 is 6.09 Å². The summed E-state index contributed by atoms with van der Waals surface area (Å²) in [4.78, 5) is 12.7. The zero-order valence-corrected chi connectivity index (χ0v) is 21.3. The molecular weight excluding hydrogens is 450 g/mol. The van der Waals surface area contributed by atoms with Crippen molar-refractivity contribution in [2.75, 3.05) is 39.8 Å².